The summed E-state index contributed by atoms with van der Waals surface area (Å²) in [5, 5.41) is 8.78. The Morgan fingerprint density at radius 2 is 1.83 bits per heavy atom. The minimum Gasteiger partial charge on any atom is -0.383 e. The highest BCUT2D eigenvalue weighted by Gasteiger charge is 2.12. The van der Waals surface area contributed by atoms with Crippen molar-refractivity contribution in [3.8, 4) is 0 Å². The van der Waals surface area contributed by atoms with Gasteiger partial charge in [-0.2, -0.15) is 5.10 Å². The van der Waals surface area contributed by atoms with E-state index in [2.05, 4.69) is 37.1 Å². The van der Waals surface area contributed by atoms with Gasteiger partial charge in [0.25, 0.3) is 0 Å². The van der Waals surface area contributed by atoms with Crippen molar-refractivity contribution in [2.45, 2.75) is 13.3 Å². The second-order valence-electron chi connectivity index (χ2n) is 4.77. The molecular formula is C15H19BrN4O4. The molecule has 130 valence electrons. The van der Waals surface area contributed by atoms with Crippen LogP contribution < -0.4 is 16.1 Å². The van der Waals surface area contributed by atoms with E-state index in [0.29, 0.717) is 18.0 Å². The van der Waals surface area contributed by atoms with E-state index in [1.54, 1.807) is 31.2 Å². The number of anilines is 1. The van der Waals surface area contributed by atoms with Gasteiger partial charge in [-0.05, 0) is 31.2 Å². The number of carbonyl (C=O) groups is 3. The van der Waals surface area contributed by atoms with Crippen molar-refractivity contribution in [2.24, 2.45) is 5.10 Å². The predicted octanol–water partition coefficient (Wildman–Crippen LogP) is 1.03. The lowest BCUT2D eigenvalue weighted by atomic mass is 10.2. The quantitative estimate of drug-likeness (QED) is 0.275. The Hall–Kier alpha value is -2.26. The highest BCUT2D eigenvalue weighted by Crippen LogP contribution is 2.14. The molecule has 1 aromatic carbocycles. The first kappa shape index (κ1) is 19.8. The van der Waals surface area contributed by atoms with Crippen LogP contribution in [0.15, 0.2) is 33.8 Å². The van der Waals surface area contributed by atoms with Gasteiger partial charge in [0.05, 0.1) is 13.0 Å². The first-order chi connectivity index (χ1) is 11.4. The molecule has 0 saturated heterocycles. The van der Waals surface area contributed by atoms with Crippen LogP contribution in [0.25, 0.3) is 0 Å². The van der Waals surface area contributed by atoms with Crippen molar-refractivity contribution in [3.63, 3.8) is 0 Å². The van der Waals surface area contributed by atoms with Crippen molar-refractivity contribution in [1.82, 2.24) is 10.7 Å². The van der Waals surface area contributed by atoms with Gasteiger partial charge in [-0.3, -0.25) is 14.4 Å². The Labute approximate surface area is 148 Å². The highest BCUT2D eigenvalue weighted by atomic mass is 79.9. The fourth-order valence-electron chi connectivity index (χ4n) is 1.55. The van der Waals surface area contributed by atoms with Crippen LogP contribution in [0.1, 0.15) is 13.3 Å². The largest absolute Gasteiger partial charge is 0.383 e. The van der Waals surface area contributed by atoms with Gasteiger partial charge in [0.1, 0.15) is 0 Å². The summed E-state index contributed by atoms with van der Waals surface area (Å²) in [6, 6.07) is 7.11. The SMILES string of the molecule is COCCNC(=O)C(=O)NN=C(C)CC(=O)Nc1ccc(Br)cc1. The van der Waals surface area contributed by atoms with Gasteiger partial charge in [0, 0.05) is 29.5 Å². The zero-order valence-corrected chi connectivity index (χ0v) is 15.0. The molecule has 0 aliphatic heterocycles. The minimum atomic E-state index is -0.904. The van der Waals surface area contributed by atoms with Crippen molar-refractivity contribution in [1.29, 1.82) is 0 Å². The molecule has 0 unspecified atom stereocenters. The molecule has 1 aromatic rings. The van der Waals surface area contributed by atoms with E-state index in [-0.39, 0.29) is 18.9 Å². The first-order valence-electron chi connectivity index (χ1n) is 7.08. The van der Waals surface area contributed by atoms with Gasteiger partial charge in [-0.25, -0.2) is 5.43 Å². The normalized spacial score (nSPS) is 10.9. The molecule has 24 heavy (non-hydrogen) atoms. The lowest BCUT2D eigenvalue weighted by molar-refractivity contribution is -0.139. The van der Waals surface area contributed by atoms with E-state index in [1.165, 1.54) is 7.11 Å². The second-order valence-corrected chi connectivity index (χ2v) is 5.68. The predicted molar refractivity (Wildman–Crippen MR) is 93.5 cm³/mol. The maximum Gasteiger partial charge on any atom is 0.329 e. The number of carbonyl (C=O) groups excluding carboxylic acids is 3. The van der Waals surface area contributed by atoms with Crippen LogP contribution in [0, 0.1) is 0 Å². The van der Waals surface area contributed by atoms with Crippen LogP contribution in [0.3, 0.4) is 0 Å². The Morgan fingerprint density at radius 3 is 2.46 bits per heavy atom. The highest BCUT2D eigenvalue weighted by molar-refractivity contribution is 9.10. The first-order valence-corrected chi connectivity index (χ1v) is 7.87. The third-order valence-corrected chi connectivity index (χ3v) is 3.22. The fourth-order valence-corrected chi connectivity index (χ4v) is 1.82. The van der Waals surface area contributed by atoms with Gasteiger partial charge >= 0.3 is 11.8 Å². The summed E-state index contributed by atoms with van der Waals surface area (Å²) in [6.07, 6.45) is -0.0123. The molecule has 0 aliphatic carbocycles. The molecule has 3 N–H and O–H groups in total. The molecule has 0 bridgehead atoms. The molecule has 1 rings (SSSR count). The number of nitrogens with one attached hydrogen (secondary N) is 3. The molecule has 0 atom stereocenters. The number of halogens is 1. The van der Waals surface area contributed by atoms with Crippen LogP contribution >= 0.6 is 15.9 Å². The maximum absolute atomic E-state index is 11.9. The number of hydrogen-bond donors (Lipinski definition) is 3. The van der Waals surface area contributed by atoms with Crippen molar-refractivity contribution < 1.29 is 19.1 Å². The molecule has 0 radical (unpaired) electrons. The van der Waals surface area contributed by atoms with Crippen LogP contribution in [0.5, 0.6) is 0 Å². The summed E-state index contributed by atoms with van der Waals surface area (Å²) in [4.78, 5) is 34.7. The van der Waals surface area contributed by atoms with Gasteiger partial charge in [-0.1, -0.05) is 15.9 Å². The molecule has 8 nitrogen and oxygen atoms in total. The van der Waals surface area contributed by atoms with Gasteiger partial charge < -0.3 is 15.4 Å². The lowest BCUT2D eigenvalue weighted by Crippen LogP contribution is -2.39. The van der Waals surface area contributed by atoms with E-state index in [9.17, 15) is 14.4 Å². The van der Waals surface area contributed by atoms with Crippen LogP contribution in [0.2, 0.25) is 0 Å². The van der Waals surface area contributed by atoms with Crippen LogP contribution in [-0.2, 0) is 19.1 Å². The molecule has 0 aliphatic rings. The zero-order chi connectivity index (χ0) is 17.9. The van der Waals surface area contributed by atoms with Crippen molar-refractivity contribution in [3.05, 3.63) is 28.7 Å². The molecule has 0 fully saturated rings. The molecule has 0 saturated carbocycles. The van der Waals surface area contributed by atoms with Gasteiger partial charge in [0.2, 0.25) is 5.91 Å². The number of ether oxygens (including phenoxy) is 1. The number of nitrogens with zero attached hydrogens (tertiary/aromatic N) is 1. The lowest BCUT2D eigenvalue weighted by Gasteiger charge is -2.06. The number of methoxy groups -OCH3 is 1. The number of hydrogen-bond acceptors (Lipinski definition) is 5. The van der Waals surface area contributed by atoms with E-state index in [1.807, 2.05) is 0 Å². The summed E-state index contributed by atoms with van der Waals surface area (Å²) in [5.41, 5.74) is 3.11. The van der Waals surface area contributed by atoms with Crippen LogP contribution in [-0.4, -0.2) is 43.7 Å². The second kappa shape index (κ2) is 10.5. The molecule has 0 aromatic heterocycles. The molecule has 9 heteroatoms. The van der Waals surface area contributed by atoms with E-state index >= 15 is 0 Å². The number of amides is 3. The van der Waals surface area contributed by atoms with Crippen molar-refractivity contribution in [2.75, 3.05) is 25.6 Å². The maximum atomic E-state index is 11.9. The average molecular weight is 399 g/mol. The Kier molecular flexibility index (Phi) is 8.66. The summed E-state index contributed by atoms with van der Waals surface area (Å²) in [7, 11) is 1.49. The standard InChI is InChI=1S/C15H19BrN4O4/c1-10(19-20-15(23)14(22)17-7-8-24-2)9-13(21)18-12-5-3-11(16)4-6-12/h3-6H,7-9H2,1-2H3,(H,17,22)(H,18,21)(H,20,23). The van der Waals surface area contributed by atoms with E-state index in [4.69, 9.17) is 4.74 Å². The summed E-state index contributed by atoms with van der Waals surface area (Å²) >= 11 is 3.31. The Morgan fingerprint density at radius 1 is 1.17 bits per heavy atom. The molecule has 0 spiro atoms. The molecule has 3 amide bonds. The summed E-state index contributed by atoms with van der Waals surface area (Å²) in [6.45, 7) is 2.10. The zero-order valence-electron chi connectivity index (χ0n) is 13.4. The number of rotatable bonds is 7. The number of benzene rings is 1. The summed E-state index contributed by atoms with van der Waals surface area (Å²) < 4.78 is 5.66. The van der Waals surface area contributed by atoms with E-state index < -0.39 is 11.8 Å². The molecular weight excluding hydrogens is 380 g/mol. The van der Waals surface area contributed by atoms with Crippen molar-refractivity contribution >= 4 is 45.1 Å². The Bertz CT molecular complexity index is 616. The van der Waals surface area contributed by atoms with Gasteiger partial charge in [-0.15, -0.1) is 0 Å². The van der Waals surface area contributed by atoms with Gasteiger partial charge in [0.15, 0.2) is 0 Å². The fraction of sp³-hybridized carbons (Fsp3) is 0.333. The summed E-state index contributed by atoms with van der Waals surface area (Å²) in [5.74, 6) is -2.00. The average Bonchev–Trinajstić information content (AvgIpc) is 2.54. The van der Waals surface area contributed by atoms with E-state index in [0.717, 1.165) is 4.47 Å². The smallest absolute Gasteiger partial charge is 0.329 e. The monoisotopic (exact) mass is 398 g/mol. The minimum absolute atomic E-state index is 0.0123. The molecule has 0 heterocycles. The Balaban J connectivity index is 2.40. The topological polar surface area (TPSA) is 109 Å². The van der Waals surface area contributed by atoms with Crippen LogP contribution in [0.4, 0.5) is 5.69 Å². The number of hydrazone groups is 1. The third-order valence-electron chi connectivity index (χ3n) is 2.69. The third kappa shape index (κ3) is 7.84.